The molecule has 1 heterocycles. The number of carbonyl (C=O) groups excluding carboxylic acids is 3. The Labute approximate surface area is 185 Å². The fourth-order valence-corrected chi connectivity index (χ4v) is 5.49. The van der Waals surface area contributed by atoms with Crippen molar-refractivity contribution in [1.82, 2.24) is 14.9 Å². The first-order valence-electron chi connectivity index (χ1n) is 9.31. The van der Waals surface area contributed by atoms with Crippen LogP contribution in [-0.4, -0.2) is 56.4 Å². The summed E-state index contributed by atoms with van der Waals surface area (Å²) in [6.45, 7) is 3.53. The lowest BCUT2D eigenvalue weighted by atomic mass is 9.98. The monoisotopic (exact) mass is 479 g/mol. The summed E-state index contributed by atoms with van der Waals surface area (Å²) >= 11 is 12.0. The number of imide groups is 1. The van der Waals surface area contributed by atoms with Crippen LogP contribution in [0.4, 0.5) is 4.79 Å². The summed E-state index contributed by atoms with van der Waals surface area (Å²) < 4.78 is 32.1. The standard InChI is InChI=1S/C18H23Cl2N3O6S/c1-3-21-18(26)22-16(24)11(2)29-17(25)12-7-9-23(10-8-12)30(27,28)15-13(19)5-4-6-14(15)20/h4-6,11-12H,3,7-10H2,1-2H3,(H2,21,22,24,26). The number of rotatable bonds is 6. The van der Waals surface area contributed by atoms with Crippen molar-refractivity contribution in [1.29, 1.82) is 0 Å². The third-order valence-electron chi connectivity index (χ3n) is 4.54. The van der Waals surface area contributed by atoms with E-state index < -0.39 is 40.0 Å². The second kappa shape index (κ2) is 10.4. The summed E-state index contributed by atoms with van der Waals surface area (Å²) in [4.78, 5) is 35.4. The van der Waals surface area contributed by atoms with Crippen molar-refractivity contribution in [3.63, 3.8) is 0 Å². The molecule has 1 saturated heterocycles. The molecule has 166 valence electrons. The fraction of sp³-hybridized carbons (Fsp3) is 0.500. The molecule has 3 amide bonds. The predicted octanol–water partition coefficient (Wildman–Crippen LogP) is 2.17. The van der Waals surface area contributed by atoms with E-state index in [2.05, 4.69) is 10.6 Å². The number of nitrogens with zero attached hydrogens (tertiary/aromatic N) is 1. The van der Waals surface area contributed by atoms with E-state index in [1.54, 1.807) is 13.0 Å². The van der Waals surface area contributed by atoms with Crippen LogP contribution >= 0.6 is 23.2 Å². The number of esters is 1. The van der Waals surface area contributed by atoms with Gasteiger partial charge in [0.2, 0.25) is 10.0 Å². The number of piperidine rings is 1. The van der Waals surface area contributed by atoms with Gasteiger partial charge in [-0.2, -0.15) is 4.31 Å². The number of hydrogen-bond donors (Lipinski definition) is 2. The number of hydrogen-bond acceptors (Lipinski definition) is 6. The van der Waals surface area contributed by atoms with Crippen LogP contribution in [0.5, 0.6) is 0 Å². The molecule has 1 fully saturated rings. The van der Waals surface area contributed by atoms with Gasteiger partial charge < -0.3 is 10.1 Å². The van der Waals surface area contributed by atoms with E-state index in [0.29, 0.717) is 6.54 Å². The van der Waals surface area contributed by atoms with E-state index in [1.807, 2.05) is 0 Å². The first-order valence-corrected chi connectivity index (χ1v) is 11.5. The molecular formula is C18H23Cl2N3O6S. The molecule has 0 radical (unpaired) electrons. The lowest BCUT2D eigenvalue weighted by Crippen LogP contribution is -2.46. The van der Waals surface area contributed by atoms with Gasteiger partial charge >= 0.3 is 12.0 Å². The van der Waals surface area contributed by atoms with E-state index in [4.69, 9.17) is 27.9 Å². The maximum Gasteiger partial charge on any atom is 0.321 e. The van der Waals surface area contributed by atoms with E-state index >= 15 is 0 Å². The normalized spacial score (nSPS) is 16.5. The lowest BCUT2D eigenvalue weighted by Gasteiger charge is -2.31. The van der Waals surface area contributed by atoms with Crippen LogP contribution in [0.1, 0.15) is 26.7 Å². The Balaban J connectivity index is 1.94. The van der Waals surface area contributed by atoms with Gasteiger partial charge in [0.25, 0.3) is 5.91 Å². The molecule has 12 heteroatoms. The first kappa shape index (κ1) is 24.4. The second-order valence-electron chi connectivity index (χ2n) is 6.66. The van der Waals surface area contributed by atoms with Crippen molar-refractivity contribution < 1.29 is 27.5 Å². The zero-order valence-corrected chi connectivity index (χ0v) is 18.8. The topological polar surface area (TPSA) is 122 Å². The number of amides is 3. The fourth-order valence-electron chi connectivity index (χ4n) is 2.93. The summed E-state index contributed by atoms with van der Waals surface area (Å²) in [5.41, 5.74) is 0. The minimum absolute atomic E-state index is 0.0241. The summed E-state index contributed by atoms with van der Waals surface area (Å²) in [6.07, 6.45) is -0.737. The highest BCUT2D eigenvalue weighted by Crippen LogP contribution is 2.33. The van der Waals surface area contributed by atoms with Gasteiger partial charge in [-0.3, -0.25) is 14.9 Å². The van der Waals surface area contributed by atoms with Gasteiger partial charge in [-0.05, 0) is 38.8 Å². The van der Waals surface area contributed by atoms with Gasteiger partial charge in [-0.1, -0.05) is 29.3 Å². The number of sulfonamides is 1. The van der Waals surface area contributed by atoms with Crippen LogP contribution in [0.15, 0.2) is 23.1 Å². The molecule has 2 N–H and O–H groups in total. The van der Waals surface area contributed by atoms with Gasteiger partial charge in [0.05, 0.1) is 16.0 Å². The van der Waals surface area contributed by atoms with Crippen LogP contribution < -0.4 is 10.6 Å². The molecule has 1 aliphatic heterocycles. The Hall–Kier alpha value is -1.88. The number of nitrogens with one attached hydrogen (secondary N) is 2. The van der Waals surface area contributed by atoms with Crippen LogP contribution in [0.25, 0.3) is 0 Å². The maximum absolute atomic E-state index is 12.9. The van der Waals surface area contributed by atoms with Crippen LogP contribution in [0.3, 0.4) is 0 Å². The third kappa shape index (κ3) is 5.84. The molecule has 1 aromatic rings. The van der Waals surface area contributed by atoms with Crippen molar-refractivity contribution in [2.45, 2.75) is 37.7 Å². The molecule has 1 aromatic carbocycles. The summed E-state index contributed by atoms with van der Waals surface area (Å²) in [5.74, 6) is -1.94. The molecule has 30 heavy (non-hydrogen) atoms. The quantitative estimate of drug-likeness (QED) is 0.602. The summed E-state index contributed by atoms with van der Waals surface area (Å²) in [5, 5.41) is 4.51. The lowest BCUT2D eigenvalue weighted by molar-refractivity contribution is -0.159. The summed E-state index contributed by atoms with van der Waals surface area (Å²) in [6, 6.07) is 3.76. The number of ether oxygens (including phenoxy) is 1. The molecule has 0 aliphatic carbocycles. The average molecular weight is 480 g/mol. The highest BCUT2D eigenvalue weighted by molar-refractivity contribution is 7.89. The van der Waals surface area contributed by atoms with Crippen molar-refractivity contribution in [3.8, 4) is 0 Å². The number of halogens is 2. The van der Waals surface area contributed by atoms with Crippen molar-refractivity contribution >= 4 is 51.1 Å². The Morgan fingerprint density at radius 3 is 2.30 bits per heavy atom. The number of urea groups is 1. The minimum atomic E-state index is -3.92. The zero-order valence-electron chi connectivity index (χ0n) is 16.5. The molecule has 1 atom stereocenters. The van der Waals surface area contributed by atoms with Crippen molar-refractivity contribution in [2.75, 3.05) is 19.6 Å². The van der Waals surface area contributed by atoms with Crippen LogP contribution in [-0.2, 0) is 24.3 Å². The van der Waals surface area contributed by atoms with E-state index in [9.17, 15) is 22.8 Å². The van der Waals surface area contributed by atoms with E-state index in [-0.39, 0.29) is 40.9 Å². The Morgan fingerprint density at radius 1 is 1.20 bits per heavy atom. The summed E-state index contributed by atoms with van der Waals surface area (Å²) in [7, 11) is -3.92. The highest BCUT2D eigenvalue weighted by atomic mass is 35.5. The molecule has 0 bridgehead atoms. The molecule has 9 nitrogen and oxygen atoms in total. The van der Waals surface area contributed by atoms with Crippen molar-refractivity contribution in [3.05, 3.63) is 28.2 Å². The maximum atomic E-state index is 12.9. The Kier molecular flexibility index (Phi) is 8.48. The minimum Gasteiger partial charge on any atom is -0.452 e. The van der Waals surface area contributed by atoms with Crippen LogP contribution in [0.2, 0.25) is 10.0 Å². The SMILES string of the molecule is CCNC(=O)NC(=O)C(C)OC(=O)C1CCN(S(=O)(=O)c2c(Cl)cccc2Cl)CC1. The Bertz CT molecular complexity index is 896. The van der Waals surface area contributed by atoms with Gasteiger partial charge in [0.1, 0.15) is 4.90 Å². The van der Waals surface area contributed by atoms with Gasteiger partial charge in [-0.25, -0.2) is 13.2 Å². The molecule has 0 saturated carbocycles. The smallest absolute Gasteiger partial charge is 0.321 e. The molecular weight excluding hydrogens is 457 g/mol. The zero-order chi connectivity index (χ0) is 22.5. The average Bonchev–Trinajstić information content (AvgIpc) is 2.67. The first-order chi connectivity index (χ1) is 14.1. The largest absolute Gasteiger partial charge is 0.452 e. The molecule has 0 aromatic heterocycles. The Morgan fingerprint density at radius 2 is 1.77 bits per heavy atom. The highest BCUT2D eigenvalue weighted by Gasteiger charge is 2.35. The second-order valence-corrected chi connectivity index (χ2v) is 9.35. The van der Waals surface area contributed by atoms with Crippen LogP contribution in [0, 0.1) is 5.92 Å². The molecule has 1 aliphatic rings. The van der Waals surface area contributed by atoms with Gasteiger partial charge in [0.15, 0.2) is 6.10 Å². The molecule has 2 rings (SSSR count). The van der Waals surface area contributed by atoms with Crippen molar-refractivity contribution in [2.24, 2.45) is 5.92 Å². The number of carbonyl (C=O) groups is 3. The van der Waals surface area contributed by atoms with Gasteiger partial charge in [-0.15, -0.1) is 0 Å². The van der Waals surface area contributed by atoms with E-state index in [1.165, 1.54) is 23.4 Å². The number of benzene rings is 1. The van der Waals surface area contributed by atoms with E-state index in [0.717, 1.165) is 0 Å². The molecule has 1 unspecified atom stereocenters. The predicted molar refractivity (Wildman–Crippen MR) is 111 cm³/mol. The van der Waals surface area contributed by atoms with Gasteiger partial charge in [0, 0.05) is 19.6 Å². The third-order valence-corrected chi connectivity index (χ3v) is 7.40. The molecule has 0 spiro atoms.